The van der Waals surface area contributed by atoms with Gasteiger partial charge in [-0.05, 0) is 24.1 Å². The Hall–Kier alpha value is -0.240. The van der Waals surface area contributed by atoms with Gasteiger partial charge in [0.25, 0.3) is 0 Å². The quantitative estimate of drug-likeness (QED) is 0.723. The summed E-state index contributed by atoms with van der Waals surface area (Å²) in [6.45, 7) is 2.41. The molecule has 0 aliphatic carbocycles. The minimum atomic E-state index is 0.498. The Morgan fingerprint density at radius 3 is 2.45 bits per heavy atom. The van der Waals surface area contributed by atoms with Crippen LogP contribution < -0.4 is 5.73 Å². The maximum absolute atomic E-state index is 5.83. The second-order valence-corrected chi connectivity index (χ2v) is 3.20. The Labute approximate surface area is 76.1 Å². The second-order valence-electron chi connectivity index (χ2n) is 2.41. The van der Waals surface area contributed by atoms with Crippen LogP contribution >= 0.6 is 23.2 Å². The van der Waals surface area contributed by atoms with Crippen LogP contribution in [0.2, 0.25) is 10.0 Å². The molecule has 0 unspecified atom stereocenters. The van der Waals surface area contributed by atoms with Gasteiger partial charge in [-0.15, -0.1) is 0 Å². The van der Waals surface area contributed by atoms with Crippen molar-refractivity contribution in [1.29, 1.82) is 0 Å². The number of rotatable bonds is 1. The van der Waals surface area contributed by atoms with Gasteiger partial charge in [0, 0.05) is 6.54 Å². The first-order valence-electron chi connectivity index (χ1n) is 3.29. The van der Waals surface area contributed by atoms with Crippen LogP contribution in [-0.2, 0) is 6.54 Å². The lowest BCUT2D eigenvalue weighted by Gasteiger charge is -2.03. The summed E-state index contributed by atoms with van der Waals surface area (Å²) in [5, 5.41) is 1.19. The summed E-state index contributed by atoms with van der Waals surface area (Å²) in [7, 11) is 0. The zero-order valence-corrected chi connectivity index (χ0v) is 7.71. The van der Waals surface area contributed by atoms with Gasteiger partial charge in [0.1, 0.15) is 0 Å². The van der Waals surface area contributed by atoms with Gasteiger partial charge in [-0.25, -0.2) is 0 Å². The van der Waals surface area contributed by atoms with Crippen LogP contribution in [0.4, 0.5) is 0 Å². The van der Waals surface area contributed by atoms with E-state index in [0.717, 1.165) is 11.1 Å². The topological polar surface area (TPSA) is 26.0 Å². The molecule has 0 saturated carbocycles. The molecule has 0 heterocycles. The number of benzene rings is 1. The van der Waals surface area contributed by atoms with Gasteiger partial charge in [-0.3, -0.25) is 0 Å². The summed E-state index contributed by atoms with van der Waals surface area (Å²) in [5.41, 5.74) is 7.42. The fourth-order valence-electron chi connectivity index (χ4n) is 0.915. The van der Waals surface area contributed by atoms with E-state index in [-0.39, 0.29) is 0 Å². The molecule has 0 atom stereocenters. The maximum Gasteiger partial charge on any atom is 0.0621 e. The molecule has 0 aliphatic rings. The van der Waals surface area contributed by atoms with E-state index in [9.17, 15) is 0 Å². The normalized spacial score (nSPS) is 10.2. The van der Waals surface area contributed by atoms with Crippen molar-refractivity contribution < 1.29 is 0 Å². The minimum absolute atomic E-state index is 0.498. The van der Waals surface area contributed by atoms with Gasteiger partial charge in [0.15, 0.2) is 0 Å². The fraction of sp³-hybridized carbons (Fsp3) is 0.250. The average Bonchev–Trinajstić information content (AvgIpc) is 1.99. The van der Waals surface area contributed by atoms with Crippen molar-refractivity contribution in [1.82, 2.24) is 0 Å². The molecular formula is C8H9Cl2N. The predicted octanol–water partition coefficient (Wildman–Crippen LogP) is 2.76. The van der Waals surface area contributed by atoms with Crippen LogP contribution in [0.1, 0.15) is 11.1 Å². The predicted molar refractivity (Wildman–Crippen MR) is 49.1 cm³/mol. The molecule has 0 bridgehead atoms. The van der Waals surface area contributed by atoms with Crippen LogP contribution in [0.25, 0.3) is 0 Å². The molecule has 1 aromatic carbocycles. The summed E-state index contributed by atoms with van der Waals surface area (Å²) < 4.78 is 0. The lowest BCUT2D eigenvalue weighted by molar-refractivity contribution is 1.07. The van der Waals surface area contributed by atoms with Crippen LogP contribution in [-0.4, -0.2) is 0 Å². The third-order valence-corrected chi connectivity index (χ3v) is 2.40. The van der Waals surface area contributed by atoms with Crippen molar-refractivity contribution in [2.75, 3.05) is 0 Å². The van der Waals surface area contributed by atoms with E-state index >= 15 is 0 Å². The summed E-state index contributed by atoms with van der Waals surface area (Å²) in [5.74, 6) is 0. The Balaban J connectivity index is 3.21. The highest BCUT2D eigenvalue weighted by Crippen LogP contribution is 2.26. The van der Waals surface area contributed by atoms with Gasteiger partial charge >= 0.3 is 0 Å². The molecule has 0 radical (unpaired) electrons. The third-order valence-electron chi connectivity index (χ3n) is 1.51. The van der Waals surface area contributed by atoms with E-state index in [1.165, 1.54) is 0 Å². The van der Waals surface area contributed by atoms with Crippen molar-refractivity contribution in [2.24, 2.45) is 5.73 Å². The van der Waals surface area contributed by atoms with Gasteiger partial charge < -0.3 is 5.73 Å². The fourth-order valence-corrected chi connectivity index (χ4v) is 1.31. The number of halogens is 2. The highest BCUT2D eigenvalue weighted by Gasteiger charge is 2.02. The SMILES string of the molecule is Cc1cc(CN)cc(Cl)c1Cl. The van der Waals surface area contributed by atoms with Gasteiger partial charge in [0.05, 0.1) is 10.0 Å². The number of hydrogen-bond donors (Lipinski definition) is 1. The number of aryl methyl sites for hydroxylation is 1. The average molecular weight is 190 g/mol. The van der Waals surface area contributed by atoms with E-state index in [1.807, 2.05) is 13.0 Å². The molecule has 2 N–H and O–H groups in total. The van der Waals surface area contributed by atoms with Crippen molar-refractivity contribution in [3.05, 3.63) is 33.3 Å². The molecular weight excluding hydrogens is 181 g/mol. The smallest absolute Gasteiger partial charge is 0.0621 e. The molecule has 1 nitrogen and oxygen atoms in total. The van der Waals surface area contributed by atoms with E-state index in [0.29, 0.717) is 16.6 Å². The van der Waals surface area contributed by atoms with Crippen molar-refractivity contribution >= 4 is 23.2 Å². The van der Waals surface area contributed by atoms with Crippen LogP contribution in [0, 0.1) is 6.92 Å². The van der Waals surface area contributed by atoms with Gasteiger partial charge in [0.2, 0.25) is 0 Å². The molecule has 0 fully saturated rings. The lowest BCUT2D eigenvalue weighted by Crippen LogP contribution is -1.96. The molecule has 60 valence electrons. The molecule has 0 aromatic heterocycles. The lowest BCUT2D eigenvalue weighted by atomic mass is 10.1. The summed E-state index contributed by atoms with van der Waals surface area (Å²) in [4.78, 5) is 0. The van der Waals surface area contributed by atoms with Gasteiger partial charge in [-0.1, -0.05) is 29.3 Å². The van der Waals surface area contributed by atoms with Crippen molar-refractivity contribution in [2.45, 2.75) is 13.5 Å². The standard InChI is InChI=1S/C8H9Cl2N/c1-5-2-6(4-11)3-7(9)8(5)10/h2-3H,4,11H2,1H3. The van der Waals surface area contributed by atoms with Crippen LogP contribution in [0.5, 0.6) is 0 Å². The Bertz CT molecular complexity index is 248. The van der Waals surface area contributed by atoms with E-state index < -0.39 is 0 Å². The zero-order valence-electron chi connectivity index (χ0n) is 6.20. The third kappa shape index (κ3) is 1.86. The Morgan fingerprint density at radius 2 is 2.00 bits per heavy atom. The molecule has 0 aliphatic heterocycles. The van der Waals surface area contributed by atoms with E-state index in [4.69, 9.17) is 28.9 Å². The summed E-state index contributed by atoms with van der Waals surface area (Å²) >= 11 is 11.6. The summed E-state index contributed by atoms with van der Waals surface area (Å²) in [6, 6.07) is 3.73. The molecule has 1 aromatic rings. The highest BCUT2D eigenvalue weighted by atomic mass is 35.5. The van der Waals surface area contributed by atoms with Crippen molar-refractivity contribution in [3.8, 4) is 0 Å². The van der Waals surface area contributed by atoms with Crippen LogP contribution in [0.3, 0.4) is 0 Å². The first-order chi connectivity index (χ1) is 5.15. The largest absolute Gasteiger partial charge is 0.326 e. The molecule has 0 saturated heterocycles. The number of hydrogen-bond acceptors (Lipinski definition) is 1. The first kappa shape index (κ1) is 8.85. The molecule has 0 spiro atoms. The van der Waals surface area contributed by atoms with Gasteiger partial charge in [-0.2, -0.15) is 0 Å². The van der Waals surface area contributed by atoms with Crippen LogP contribution in [0.15, 0.2) is 12.1 Å². The first-order valence-corrected chi connectivity index (χ1v) is 4.05. The molecule has 1 rings (SSSR count). The van der Waals surface area contributed by atoms with E-state index in [1.54, 1.807) is 6.07 Å². The second kappa shape index (κ2) is 3.44. The Kier molecular flexibility index (Phi) is 2.77. The van der Waals surface area contributed by atoms with Crippen molar-refractivity contribution in [3.63, 3.8) is 0 Å². The molecule has 3 heteroatoms. The monoisotopic (exact) mass is 189 g/mol. The minimum Gasteiger partial charge on any atom is -0.326 e. The summed E-state index contributed by atoms with van der Waals surface area (Å²) in [6.07, 6.45) is 0. The molecule has 0 amide bonds. The highest BCUT2D eigenvalue weighted by molar-refractivity contribution is 6.42. The zero-order chi connectivity index (χ0) is 8.43. The van der Waals surface area contributed by atoms with E-state index in [2.05, 4.69) is 0 Å². The maximum atomic E-state index is 5.83. The number of nitrogens with two attached hydrogens (primary N) is 1. The Morgan fingerprint density at radius 1 is 1.36 bits per heavy atom. The molecule has 11 heavy (non-hydrogen) atoms.